The Labute approximate surface area is 181 Å². The summed E-state index contributed by atoms with van der Waals surface area (Å²) in [5.74, 6) is -2.71. The summed E-state index contributed by atoms with van der Waals surface area (Å²) in [6.45, 7) is 1.77. The van der Waals surface area contributed by atoms with Crippen molar-refractivity contribution < 1.29 is 18.4 Å². The number of benzene rings is 2. The summed E-state index contributed by atoms with van der Waals surface area (Å²) < 4.78 is 28.2. The second-order valence-electron chi connectivity index (χ2n) is 7.40. The summed E-state index contributed by atoms with van der Waals surface area (Å²) in [6, 6.07) is 10.4. The fourth-order valence-electron chi connectivity index (χ4n) is 4.08. The molecule has 1 heterocycles. The lowest BCUT2D eigenvalue weighted by Crippen LogP contribution is -2.35. The number of rotatable bonds is 3. The van der Waals surface area contributed by atoms with Crippen LogP contribution in [0.1, 0.15) is 37.7 Å². The van der Waals surface area contributed by atoms with Crippen molar-refractivity contribution in [3.63, 3.8) is 0 Å². The van der Waals surface area contributed by atoms with Gasteiger partial charge in [0.2, 0.25) is 0 Å². The maximum absolute atomic E-state index is 14.1. The van der Waals surface area contributed by atoms with E-state index in [1.54, 1.807) is 6.92 Å². The van der Waals surface area contributed by atoms with Gasteiger partial charge < -0.3 is 10.6 Å². The van der Waals surface area contributed by atoms with E-state index in [0.29, 0.717) is 29.3 Å². The van der Waals surface area contributed by atoms with Crippen LogP contribution in [0.15, 0.2) is 69.5 Å². The molecule has 0 aromatic heterocycles. The standard InChI is InChI=1S/C23H19BrF2N2O2/c1-12-20(23(30)28-17-9-8-15(25)11-16(17)26)21(13-4-2-5-14(24)10-13)22-18(27-12)6-3-7-19(22)29/h2,4-5,8-11,21,27H,3,6-7H2,1H3,(H,28,30). The Morgan fingerprint density at radius 3 is 2.70 bits per heavy atom. The number of nitrogens with one attached hydrogen (secondary N) is 2. The maximum atomic E-state index is 14.1. The molecule has 2 aromatic rings. The van der Waals surface area contributed by atoms with E-state index in [0.717, 1.165) is 34.6 Å². The molecule has 7 heteroatoms. The number of hydrogen-bond acceptors (Lipinski definition) is 3. The van der Waals surface area contributed by atoms with Crippen LogP contribution in [-0.2, 0) is 9.59 Å². The second-order valence-corrected chi connectivity index (χ2v) is 8.31. The maximum Gasteiger partial charge on any atom is 0.254 e. The van der Waals surface area contributed by atoms with Crippen LogP contribution in [0.2, 0.25) is 0 Å². The van der Waals surface area contributed by atoms with Gasteiger partial charge in [-0.2, -0.15) is 0 Å². The van der Waals surface area contributed by atoms with Crippen LogP contribution in [-0.4, -0.2) is 11.7 Å². The Morgan fingerprint density at radius 1 is 1.17 bits per heavy atom. The van der Waals surface area contributed by atoms with Gasteiger partial charge in [0, 0.05) is 45.4 Å². The summed E-state index contributed by atoms with van der Waals surface area (Å²) in [5.41, 5.74) is 3.02. The van der Waals surface area contributed by atoms with Crippen LogP contribution in [0, 0.1) is 11.6 Å². The van der Waals surface area contributed by atoms with Gasteiger partial charge in [0.1, 0.15) is 11.6 Å². The van der Waals surface area contributed by atoms with Crippen molar-refractivity contribution in [1.29, 1.82) is 0 Å². The first-order chi connectivity index (χ1) is 14.3. The molecular formula is C23H19BrF2N2O2. The molecular weight excluding hydrogens is 454 g/mol. The lowest BCUT2D eigenvalue weighted by Gasteiger charge is -2.34. The van der Waals surface area contributed by atoms with E-state index in [2.05, 4.69) is 26.6 Å². The molecule has 30 heavy (non-hydrogen) atoms. The molecule has 0 saturated carbocycles. The van der Waals surface area contributed by atoms with Crippen LogP contribution in [0.5, 0.6) is 0 Å². The van der Waals surface area contributed by atoms with Gasteiger partial charge in [-0.05, 0) is 49.6 Å². The van der Waals surface area contributed by atoms with Crippen molar-refractivity contribution in [2.45, 2.75) is 32.1 Å². The highest BCUT2D eigenvalue weighted by Crippen LogP contribution is 2.43. The molecule has 4 nitrogen and oxygen atoms in total. The molecule has 2 N–H and O–H groups in total. The summed E-state index contributed by atoms with van der Waals surface area (Å²) >= 11 is 3.46. The van der Waals surface area contributed by atoms with E-state index in [1.165, 1.54) is 6.07 Å². The Kier molecular flexibility index (Phi) is 5.56. The number of hydrogen-bond donors (Lipinski definition) is 2. The van der Waals surface area contributed by atoms with Crippen LogP contribution in [0.25, 0.3) is 0 Å². The molecule has 1 atom stereocenters. The van der Waals surface area contributed by atoms with E-state index in [4.69, 9.17) is 0 Å². The van der Waals surface area contributed by atoms with Crippen LogP contribution < -0.4 is 10.6 Å². The molecule has 2 aliphatic rings. The predicted molar refractivity (Wildman–Crippen MR) is 114 cm³/mol. The van der Waals surface area contributed by atoms with Gasteiger partial charge in [0.05, 0.1) is 5.69 Å². The van der Waals surface area contributed by atoms with Gasteiger partial charge in [0.15, 0.2) is 5.78 Å². The molecule has 1 aliphatic heterocycles. The summed E-state index contributed by atoms with van der Waals surface area (Å²) in [4.78, 5) is 26.1. The van der Waals surface area contributed by atoms with E-state index >= 15 is 0 Å². The molecule has 0 radical (unpaired) electrons. The summed E-state index contributed by atoms with van der Waals surface area (Å²) in [6.07, 6.45) is 1.90. The molecule has 2 aromatic carbocycles. The first kappa shape index (κ1) is 20.5. The van der Waals surface area contributed by atoms with Gasteiger partial charge >= 0.3 is 0 Å². The number of dihydropyridines is 1. The third-order valence-electron chi connectivity index (χ3n) is 5.38. The highest BCUT2D eigenvalue weighted by atomic mass is 79.9. The van der Waals surface area contributed by atoms with Crippen molar-refractivity contribution in [3.05, 3.63) is 86.7 Å². The number of allylic oxidation sites excluding steroid dienone is 3. The van der Waals surface area contributed by atoms with Crippen LogP contribution >= 0.6 is 15.9 Å². The van der Waals surface area contributed by atoms with Gasteiger partial charge in [-0.3, -0.25) is 9.59 Å². The average molecular weight is 473 g/mol. The van der Waals surface area contributed by atoms with E-state index in [9.17, 15) is 18.4 Å². The number of carbonyl (C=O) groups excluding carboxylic acids is 2. The molecule has 0 bridgehead atoms. The Hall–Kier alpha value is -2.80. The number of ketones is 1. The average Bonchev–Trinajstić information content (AvgIpc) is 2.69. The van der Waals surface area contributed by atoms with Crippen molar-refractivity contribution >= 4 is 33.3 Å². The van der Waals surface area contributed by atoms with E-state index in [-0.39, 0.29) is 11.5 Å². The van der Waals surface area contributed by atoms with E-state index < -0.39 is 23.5 Å². The fraction of sp³-hybridized carbons (Fsp3) is 0.217. The second kappa shape index (κ2) is 8.14. The van der Waals surface area contributed by atoms with Crippen molar-refractivity contribution in [3.8, 4) is 0 Å². The number of Topliss-reactive ketones (excluding diaryl/α,β-unsaturated/α-hetero) is 1. The zero-order chi connectivity index (χ0) is 21.4. The molecule has 0 spiro atoms. The minimum Gasteiger partial charge on any atom is -0.362 e. The predicted octanol–water partition coefficient (Wildman–Crippen LogP) is 5.33. The molecule has 154 valence electrons. The zero-order valence-electron chi connectivity index (χ0n) is 16.2. The first-order valence-corrected chi connectivity index (χ1v) is 10.4. The Balaban J connectivity index is 1.79. The van der Waals surface area contributed by atoms with Gasteiger partial charge in [-0.15, -0.1) is 0 Å². The van der Waals surface area contributed by atoms with Crippen LogP contribution in [0.3, 0.4) is 0 Å². The first-order valence-electron chi connectivity index (χ1n) is 9.61. The quantitative estimate of drug-likeness (QED) is 0.634. The minimum atomic E-state index is -0.863. The van der Waals surface area contributed by atoms with Gasteiger partial charge in [-0.25, -0.2) is 8.78 Å². The lowest BCUT2D eigenvalue weighted by molar-refractivity contribution is -0.116. The molecule has 1 aliphatic carbocycles. The smallest absolute Gasteiger partial charge is 0.254 e. The topological polar surface area (TPSA) is 58.2 Å². The molecule has 1 amide bonds. The third kappa shape index (κ3) is 3.81. The Bertz CT molecular complexity index is 1120. The van der Waals surface area contributed by atoms with E-state index in [1.807, 2.05) is 24.3 Å². The molecule has 0 saturated heterocycles. The SMILES string of the molecule is CC1=C(C(=O)Nc2ccc(F)cc2F)C(c2cccc(Br)c2)C2=C(CCCC2=O)N1. The van der Waals surface area contributed by atoms with Crippen molar-refractivity contribution in [1.82, 2.24) is 5.32 Å². The van der Waals surface area contributed by atoms with Crippen molar-refractivity contribution in [2.75, 3.05) is 5.32 Å². The zero-order valence-corrected chi connectivity index (χ0v) is 17.8. The largest absolute Gasteiger partial charge is 0.362 e. The number of anilines is 1. The van der Waals surface area contributed by atoms with Gasteiger partial charge in [-0.1, -0.05) is 28.1 Å². The van der Waals surface area contributed by atoms with Gasteiger partial charge in [0.25, 0.3) is 5.91 Å². The molecule has 0 fully saturated rings. The monoisotopic (exact) mass is 472 g/mol. The van der Waals surface area contributed by atoms with Crippen LogP contribution in [0.4, 0.5) is 14.5 Å². The lowest BCUT2D eigenvalue weighted by atomic mass is 9.75. The normalized spacial score (nSPS) is 18.8. The highest BCUT2D eigenvalue weighted by molar-refractivity contribution is 9.10. The number of halogens is 3. The summed E-state index contributed by atoms with van der Waals surface area (Å²) in [7, 11) is 0. The molecule has 1 unspecified atom stereocenters. The summed E-state index contributed by atoms with van der Waals surface area (Å²) in [5, 5.41) is 5.75. The third-order valence-corrected chi connectivity index (χ3v) is 5.88. The molecule has 4 rings (SSSR count). The number of amides is 1. The number of carbonyl (C=O) groups is 2. The minimum absolute atomic E-state index is 0.000474. The fourth-order valence-corrected chi connectivity index (χ4v) is 4.50. The van der Waals surface area contributed by atoms with Crippen molar-refractivity contribution in [2.24, 2.45) is 0 Å². The Morgan fingerprint density at radius 2 is 1.97 bits per heavy atom. The highest BCUT2D eigenvalue weighted by Gasteiger charge is 2.38.